The van der Waals surface area contributed by atoms with E-state index in [1.165, 1.54) is 15.8 Å². The highest BCUT2D eigenvalue weighted by Crippen LogP contribution is 2.15. The molecule has 0 aromatic heterocycles. The zero-order chi connectivity index (χ0) is 12.1. The summed E-state index contributed by atoms with van der Waals surface area (Å²) in [5, 5.41) is 0. The molecule has 0 saturated carbocycles. The Hall–Kier alpha value is -1.15. The predicted molar refractivity (Wildman–Crippen MR) is 80.2 cm³/mol. The Kier molecular flexibility index (Phi) is 4.32. The van der Waals surface area contributed by atoms with E-state index >= 15 is 0 Å². The Morgan fingerprint density at radius 3 is 2.35 bits per heavy atom. The van der Waals surface area contributed by atoms with E-state index in [0.29, 0.717) is 6.71 Å². The summed E-state index contributed by atoms with van der Waals surface area (Å²) in [7, 11) is 0. The molecule has 0 saturated heterocycles. The summed E-state index contributed by atoms with van der Waals surface area (Å²) in [6, 6.07) is 19.6. The molecular weight excluding hydrogens is 223 g/mol. The Morgan fingerprint density at radius 2 is 1.65 bits per heavy atom. The zero-order valence-electron chi connectivity index (χ0n) is 10.4. The highest BCUT2D eigenvalue weighted by Gasteiger charge is 2.12. The van der Waals surface area contributed by atoms with E-state index in [1.807, 2.05) is 11.8 Å². The summed E-state index contributed by atoms with van der Waals surface area (Å²) < 4.78 is 0. The SMILES string of the molecule is CCSc1cccc(B(C)c2ccccc2)c1. The van der Waals surface area contributed by atoms with Crippen LogP contribution < -0.4 is 10.9 Å². The number of thioether (sulfide) groups is 1. The molecule has 0 nitrogen and oxygen atoms in total. The molecule has 86 valence electrons. The molecule has 0 aliphatic heterocycles. The Labute approximate surface area is 109 Å². The molecular formula is C15H17BS. The smallest absolute Gasteiger partial charge is 0.126 e. The quantitative estimate of drug-likeness (QED) is 0.584. The van der Waals surface area contributed by atoms with E-state index in [-0.39, 0.29) is 0 Å². The van der Waals surface area contributed by atoms with Gasteiger partial charge < -0.3 is 0 Å². The van der Waals surface area contributed by atoms with Crippen molar-refractivity contribution in [2.75, 3.05) is 5.75 Å². The summed E-state index contributed by atoms with van der Waals surface area (Å²) in [5.74, 6) is 1.13. The van der Waals surface area contributed by atoms with Gasteiger partial charge in [-0.15, -0.1) is 11.8 Å². The molecule has 0 radical (unpaired) electrons. The molecule has 0 aliphatic rings. The highest BCUT2D eigenvalue weighted by atomic mass is 32.2. The molecule has 0 bridgehead atoms. The molecule has 0 spiro atoms. The molecule has 2 aromatic rings. The van der Waals surface area contributed by atoms with Crippen LogP contribution in [0.3, 0.4) is 0 Å². The second-order valence-corrected chi connectivity index (χ2v) is 5.48. The molecule has 0 amide bonds. The van der Waals surface area contributed by atoms with Crippen LogP contribution in [-0.4, -0.2) is 12.5 Å². The van der Waals surface area contributed by atoms with Crippen LogP contribution in [0.15, 0.2) is 59.5 Å². The van der Waals surface area contributed by atoms with Crippen LogP contribution in [0.25, 0.3) is 0 Å². The van der Waals surface area contributed by atoms with Gasteiger partial charge in [0.25, 0.3) is 0 Å². The van der Waals surface area contributed by atoms with Crippen molar-refractivity contribution < 1.29 is 0 Å². The standard InChI is InChI=1S/C15H17BS/c1-3-17-15-11-7-10-14(12-15)16(2)13-8-5-4-6-9-13/h4-12H,3H2,1-2H3. The molecule has 0 N–H and O–H groups in total. The van der Waals surface area contributed by atoms with Gasteiger partial charge in [0.15, 0.2) is 0 Å². The lowest BCUT2D eigenvalue weighted by atomic mass is 9.43. The molecule has 2 rings (SSSR count). The van der Waals surface area contributed by atoms with Crippen molar-refractivity contribution in [2.24, 2.45) is 0 Å². The molecule has 0 atom stereocenters. The first-order chi connectivity index (χ1) is 8.31. The first kappa shape index (κ1) is 12.3. The van der Waals surface area contributed by atoms with E-state index in [4.69, 9.17) is 0 Å². The monoisotopic (exact) mass is 240 g/mol. The van der Waals surface area contributed by atoms with Crippen molar-refractivity contribution in [1.82, 2.24) is 0 Å². The van der Waals surface area contributed by atoms with Crippen molar-refractivity contribution in [2.45, 2.75) is 18.6 Å². The lowest BCUT2D eigenvalue weighted by Crippen LogP contribution is -2.38. The van der Waals surface area contributed by atoms with Crippen molar-refractivity contribution in [3.63, 3.8) is 0 Å². The van der Waals surface area contributed by atoms with Crippen LogP contribution in [0.5, 0.6) is 0 Å². The second kappa shape index (κ2) is 5.97. The van der Waals surface area contributed by atoms with Gasteiger partial charge in [0, 0.05) is 4.90 Å². The fraction of sp³-hybridized carbons (Fsp3) is 0.200. The Morgan fingerprint density at radius 1 is 0.941 bits per heavy atom. The van der Waals surface area contributed by atoms with Crippen LogP contribution in [0.1, 0.15) is 6.92 Å². The Balaban J connectivity index is 2.25. The van der Waals surface area contributed by atoms with Gasteiger partial charge in [-0.2, -0.15) is 0 Å². The first-order valence-corrected chi connectivity index (χ1v) is 7.07. The number of hydrogen-bond acceptors (Lipinski definition) is 1. The number of hydrogen-bond donors (Lipinski definition) is 0. The highest BCUT2D eigenvalue weighted by molar-refractivity contribution is 7.99. The minimum Gasteiger partial charge on any atom is -0.126 e. The molecule has 0 aliphatic carbocycles. The van der Waals surface area contributed by atoms with Crippen molar-refractivity contribution in [3.05, 3.63) is 54.6 Å². The normalized spacial score (nSPS) is 10.2. The van der Waals surface area contributed by atoms with Gasteiger partial charge in [0.05, 0.1) is 0 Å². The van der Waals surface area contributed by atoms with E-state index in [0.717, 1.165) is 5.75 Å². The molecule has 0 fully saturated rings. The molecule has 0 unspecified atom stereocenters. The van der Waals surface area contributed by atoms with Crippen molar-refractivity contribution >= 4 is 29.4 Å². The summed E-state index contributed by atoms with van der Waals surface area (Å²) in [6.07, 6.45) is 0. The summed E-state index contributed by atoms with van der Waals surface area (Å²) >= 11 is 1.90. The minimum absolute atomic E-state index is 0.466. The maximum Gasteiger partial charge on any atom is 0.206 e. The Bertz CT molecular complexity index is 467. The van der Waals surface area contributed by atoms with Gasteiger partial charge >= 0.3 is 0 Å². The van der Waals surface area contributed by atoms with Gasteiger partial charge in [-0.1, -0.05) is 73.2 Å². The number of rotatable bonds is 4. The minimum atomic E-state index is 0.466. The van der Waals surface area contributed by atoms with Crippen LogP contribution in [0.4, 0.5) is 0 Å². The summed E-state index contributed by atoms with van der Waals surface area (Å²) in [6.45, 7) is 4.93. The van der Waals surface area contributed by atoms with E-state index in [2.05, 4.69) is 68.3 Å². The van der Waals surface area contributed by atoms with Gasteiger partial charge in [0.2, 0.25) is 6.71 Å². The largest absolute Gasteiger partial charge is 0.206 e. The maximum absolute atomic E-state index is 2.31. The second-order valence-electron chi connectivity index (χ2n) is 4.14. The molecule has 17 heavy (non-hydrogen) atoms. The van der Waals surface area contributed by atoms with Gasteiger partial charge in [-0.25, -0.2) is 0 Å². The van der Waals surface area contributed by atoms with Gasteiger partial charge in [0.1, 0.15) is 0 Å². The maximum atomic E-state index is 2.31. The summed E-state index contributed by atoms with van der Waals surface area (Å²) in [5.41, 5.74) is 2.78. The van der Waals surface area contributed by atoms with Gasteiger partial charge in [-0.05, 0) is 11.8 Å². The van der Waals surface area contributed by atoms with Crippen LogP contribution >= 0.6 is 11.8 Å². The van der Waals surface area contributed by atoms with Crippen LogP contribution in [0, 0.1) is 0 Å². The lowest BCUT2D eigenvalue weighted by Gasteiger charge is -2.10. The van der Waals surface area contributed by atoms with E-state index in [1.54, 1.807) is 0 Å². The fourth-order valence-electron chi connectivity index (χ4n) is 1.97. The fourth-order valence-corrected chi connectivity index (χ4v) is 2.70. The molecule has 2 heteroatoms. The van der Waals surface area contributed by atoms with Gasteiger partial charge in [-0.3, -0.25) is 0 Å². The predicted octanol–water partition coefficient (Wildman–Crippen LogP) is 3.04. The third kappa shape index (κ3) is 3.16. The van der Waals surface area contributed by atoms with Crippen molar-refractivity contribution in [1.29, 1.82) is 0 Å². The molecule has 2 aromatic carbocycles. The third-order valence-electron chi connectivity index (χ3n) is 2.97. The van der Waals surface area contributed by atoms with Crippen LogP contribution in [-0.2, 0) is 0 Å². The third-order valence-corrected chi connectivity index (χ3v) is 3.84. The van der Waals surface area contributed by atoms with Crippen molar-refractivity contribution in [3.8, 4) is 0 Å². The average molecular weight is 240 g/mol. The lowest BCUT2D eigenvalue weighted by molar-refractivity contribution is 1.44. The first-order valence-electron chi connectivity index (χ1n) is 6.09. The molecule has 0 heterocycles. The topological polar surface area (TPSA) is 0 Å². The van der Waals surface area contributed by atoms with E-state index < -0.39 is 0 Å². The summed E-state index contributed by atoms with van der Waals surface area (Å²) in [4.78, 5) is 1.37. The zero-order valence-corrected chi connectivity index (χ0v) is 11.2. The number of benzene rings is 2. The average Bonchev–Trinajstić information content (AvgIpc) is 2.40. The van der Waals surface area contributed by atoms with E-state index in [9.17, 15) is 0 Å². The van der Waals surface area contributed by atoms with Crippen LogP contribution in [0.2, 0.25) is 6.82 Å².